The van der Waals surface area contributed by atoms with Gasteiger partial charge in [0, 0.05) is 6.04 Å². The van der Waals surface area contributed by atoms with Gasteiger partial charge in [0.15, 0.2) is 0 Å². The summed E-state index contributed by atoms with van der Waals surface area (Å²) < 4.78 is 5.28. The maximum Gasteiger partial charge on any atom is 0.407 e. The molecule has 100 valence electrons. The van der Waals surface area contributed by atoms with Crippen molar-refractivity contribution in [1.29, 1.82) is 0 Å². The number of rotatable bonds is 2. The van der Waals surface area contributed by atoms with Crippen LogP contribution in [-0.4, -0.2) is 17.7 Å². The minimum Gasteiger partial charge on any atom is -0.444 e. The van der Waals surface area contributed by atoms with Crippen molar-refractivity contribution in [3.8, 4) is 0 Å². The third-order valence-electron chi connectivity index (χ3n) is 3.35. The molecule has 0 aromatic rings. The van der Waals surface area contributed by atoms with Gasteiger partial charge in [0.1, 0.15) is 5.60 Å². The van der Waals surface area contributed by atoms with Crippen molar-refractivity contribution in [3.63, 3.8) is 0 Å². The molecule has 0 aliphatic heterocycles. The third kappa shape index (κ3) is 5.94. The SMILES string of the molecule is C[C@@H](NC(=O)OC(C)(C)C)C1CCCCCC1. The maximum atomic E-state index is 11.7. The van der Waals surface area contributed by atoms with E-state index in [0.29, 0.717) is 5.92 Å². The van der Waals surface area contributed by atoms with Gasteiger partial charge >= 0.3 is 6.09 Å². The zero-order valence-electron chi connectivity index (χ0n) is 11.7. The largest absolute Gasteiger partial charge is 0.444 e. The van der Waals surface area contributed by atoms with E-state index in [1.807, 2.05) is 20.8 Å². The van der Waals surface area contributed by atoms with Gasteiger partial charge < -0.3 is 10.1 Å². The summed E-state index contributed by atoms with van der Waals surface area (Å²) in [5.74, 6) is 0.616. The molecule has 1 atom stereocenters. The molecule has 0 heterocycles. The summed E-state index contributed by atoms with van der Waals surface area (Å²) >= 11 is 0. The number of carbonyl (C=O) groups is 1. The summed E-state index contributed by atoms with van der Waals surface area (Å²) in [6.45, 7) is 7.77. The minimum atomic E-state index is -0.409. The van der Waals surface area contributed by atoms with Crippen molar-refractivity contribution >= 4 is 6.09 Å². The Morgan fingerprint density at radius 3 is 2.18 bits per heavy atom. The first-order valence-electron chi connectivity index (χ1n) is 6.88. The Morgan fingerprint density at radius 1 is 1.18 bits per heavy atom. The average Bonchev–Trinajstić information content (AvgIpc) is 2.41. The smallest absolute Gasteiger partial charge is 0.407 e. The number of hydrogen-bond donors (Lipinski definition) is 1. The molecule has 0 radical (unpaired) electrons. The molecule has 1 rings (SSSR count). The molecular weight excluding hydrogens is 214 g/mol. The fourth-order valence-corrected chi connectivity index (χ4v) is 2.42. The molecule has 1 fully saturated rings. The lowest BCUT2D eigenvalue weighted by molar-refractivity contribution is 0.0489. The number of ether oxygens (including phenoxy) is 1. The first-order chi connectivity index (χ1) is 7.88. The van der Waals surface area contributed by atoms with E-state index in [1.165, 1.54) is 38.5 Å². The molecule has 1 amide bonds. The van der Waals surface area contributed by atoms with Gasteiger partial charge in [-0.1, -0.05) is 25.7 Å². The van der Waals surface area contributed by atoms with Gasteiger partial charge in [-0.05, 0) is 46.5 Å². The van der Waals surface area contributed by atoms with Crippen molar-refractivity contribution in [2.45, 2.75) is 77.9 Å². The molecule has 0 bridgehead atoms. The summed E-state index contributed by atoms with van der Waals surface area (Å²) in [6, 6.07) is 0.225. The van der Waals surface area contributed by atoms with Crippen LogP contribution in [0.1, 0.15) is 66.2 Å². The molecule has 0 aromatic heterocycles. The van der Waals surface area contributed by atoms with Crippen LogP contribution in [0.2, 0.25) is 0 Å². The van der Waals surface area contributed by atoms with Crippen LogP contribution < -0.4 is 5.32 Å². The highest BCUT2D eigenvalue weighted by Crippen LogP contribution is 2.25. The molecule has 1 aliphatic rings. The van der Waals surface area contributed by atoms with Crippen LogP contribution in [0.15, 0.2) is 0 Å². The van der Waals surface area contributed by atoms with Crippen LogP contribution in [0.3, 0.4) is 0 Å². The number of carbonyl (C=O) groups excluding carboxylic acids is 1. The highest BCUT2D eigenvalue weighted by Gasteiger charge is 2.23. The summed E-state index contributed by atoms with van der Waals surface area (Å²) in [5.41, 5.74) is -0.409. The maximum absolute atomic E-state index is 11.7. The van der Waals surface area contributed by atoms with E-state index < -0.39 is 5.60 Å². The van der Waals surface area contributed by atoms with Crippen molar-refractivity contribution < 1.29 is 9.53 Å². The molecule has 1 N–H and O–H groups in total. The van der Waals surface area contributed by atoms with E-state index >= 15 is 0 Å². The number of alkyl carbamates (subject to hydrolysis) is 1. The highest BCUT2D eigenvalue weighted by molar-refractivity contribution is 5.68. The Balaban J connectivity index is 2.36. The minimum absolute atomic E-state index is 0.225. The summed E-state index contributed by atoms with van der Waals surface area (Å²) in [7, 11) is 0. The lowest BCUT2D eigenvalue weighted by Crippen LogP contribution is -2.41. The molecule has 0 saturated heterocycles. The average molecular weight is 241 g/mol. The van der Waals surface area contributed by atoms with Crippen LogP contribution >= 0.6 is 0 Å². The molecule has 0 unspecified atom stereocenters. The van der Waals surface area contributed by atoms with Crippen LogP contribution in [0, 0.1) is 5.92 Å². The van der Waals surface area contributed by atoms with Gasteiger partial charge in [0.2, 0.25) is 0 Å². The van der Waals surface area contributed by atoms with Gasteiger partial charge in [-0.2, -0.15) is 0 Å². The van der Waals surface area contributed by atoms with E-state index in [-0.39, 0.29) is 12.1 Å². The van der Waals surface area contributed by atoms with Gasteiger partial charge in [0.25, 0.3) is 0 Å². The third-order valence-corrected chi connectivity index (χ3v) is 3.35. The molecule has 17 heavy (non-hydrogen) atoms. The Labute approximate surface area is 105 Å². The molecule has 3 nitrogen and oxygen atoms in total. The van der Waals surface area contributed by atoms with Gasteiger partial charge in [0.05, 0.1) is 0 Å². The summed E-state index contributed by atoms with van der Waals surface area (Å²) in [5, 5.41) is 2.97. The van der Waals surface area contributed by atoms with Crippen molar-refractivity contribution in [2.24, 2.45) is 5.92 Å². The van der Waals surface area contributed by atoms with Gasteiger partial charge in [-0.15, -0.1) is 0 Å². The number of hydrogen-bond acceptors (Lipinski definition) is 2. The predicted molar refractivity (Wildman–Crippen MR) is 70.0 cm³/mol. The van der Waals surface area contributed by atoms with Gasteiger partial charge in [-0.3, -0.25) is 0 Å². The predicted octanol–water partition coefficient (Wildman–Crippen LogP) is 3.87. The Morgan fingerprint density at radius 2 is 1.71 bits per heavy atom. The Bertz CT molecular complexity index is 237. The Hall–Kier alpha value is -0.730. The van der Waals surface area contributed by atoms with Crippen LogP contribution in [0.5, 0.6) is 0 Å². The topological polar surface area (TPSA) is 38.3 Å². The second-order valence-corrected chi connectivity index (χ2v) is 6.19. The molecule has 0 aromatic carbocycles. The second-order valence-electron chi connectivity index (χ2n) is 6.19. The molecule has 1 aliphatic carbocycles. The zero-order valence-corrected chi connectivity index (χ0v) is 11.7. The van der Waals surface area contributed by atoms with E-state index in [4.69, 9.17) is 4.74 Å². The summed E-state index contributed by atoms with van der Waals surface area (Å²) in [4.78, 5) is 11.7. The fraction of sp³-hybridized carbons (Fsp3) is 0.929. The highest BCUT2D eigenvalue weighted by atomic mass is 16.6. The summed E-state index contributed by atoms with van der Waals surface area (Å²) in [6.07, 6.45) is 7.46. The van der Waals surface area contributed by atoms with Crippen LogP contribution in [-0.2, 0) is 4.74 Å². The van der Waals surface area contributed by atoms with Crippen molar-refractivity contribution in [3.05, 3.63) is 0 Å². The first kappa shape index (κ1) is 14.3. The second kappa shape index (κ2) is 6.27. The Kier molecular flexibility index (Phi) is 5.29. The van der Waals surface area contributed by atoms with Crippen molar-refractivity contribution in [2.75, 3.05) is 0 Å². The number of amides is 1. The normalized spacial score (nSPS) is 20.5. The number of nitrogens with one attached hydrogen (secondary N) is 1. The quantitative estimate of drug-likeness (QED) is 0.745. The first-order valence-corrected chi connectivity index (χ1v) is 6.88. The van der Waals surface area contributed by atoms with E-state index in [2.05, 4.69) is 12.2 Å². The molecule has 3 heteroatoms. The fourth-order valence-electron chi connectivity index (χ4n) is 2.42. The van der Waals surface area contributed by atoms with E-state index in [9.17, 15) is 4.79 Å². The van der Waals surface area contributed by atoms with E-state index in [0.717, 1.165) is 0 Å². The van der Waals surface area contributed by atoms with Gasteiger partial charge in [-0.25, -0.2) is 4.79 Å². The van der Waals surface area contributed by atoms with Crippen molar-refractivity contribution in [1.82, 2.24) is 5.32 Å². The van der Waals surface area contributed by atoms with Crippen LogP contribution in [0.25, 0.3) is 0 Å². The molecular formula is C14H27NO2. The zero-order chi connectivity index (χ0) is 12.9. The molecule has 1 saturated carbocycles. The van der Waals surface area contributed by atoms with E-state index in [1.54, 1.807) is 0 Å². The van der Waals surface area contributed by atoms with Crippen LogP contribution in [0.4, 0.5) is 4.79 Å². The molecule has 0 spiro atoms. The monoisotopic (exact) mass is 241 g/mol. The lowest BCUT2D eigenvalue weighted by Gasteiger charge is -2.26. The lowest BCUT2D eigenvalue weighted by atomic mass is 9.93. The standard InChI is InChI=1S/C14H27NO2/c1-11(12-9-7-5-6-8-10-12)15-13(16)17-14(2,3)4/h11-12H,5-10H2,1-4H3,(H,15,16)/t11-/m1/s1.